The van der Waals surface area contributed by atoms with Gasteiger partial charge >= 0.3 is 0 Å². The second kappa shape index (κ2) is 13.5. The van der Waals surface area contributed by atoms with Crippen molar-refractivity contribution in [2.75, 3.05) is 27.7 Å². The number of hydrogen-bond acceptors (Lipinski definition) is 4. The highest BCUT2D eigenvalue weighted by atomic mass is 127. The molecule has 0 bridgehead atoms. The van der Waals surface area contributed by atoms with E-state index < -0.39 is 0 Å². The number of amides is 1. The van der Waals surface area contributed by atoms with Crippen molar-refractivity contribution in [2.24, 2.45) is 4.99 Å². The topological polar surface area (TPSA) is 83.8 Å². The van der Waals surface area contributed by atoms with Crippen LogP contribution in [0.5, 0.6) is 5.75 Å². The van der Waals surface area contributed by atoms with Gasteiger partial charge in [-0.2, -0.15) is 5.10 Å². The molecule has 0 aliphatic rings. The smallest absolute Gasteiger partial charge is 0.259 e. The zero-order valence-corrected chi connectivity index (χ0v) is 21.5. The van der Waals surface area contributed by atoms with Gasteiger partial charge in [0.1, 0.15) is 5.75 Å². The third-order valence-corrected chi connectivity index (χ3v) is 4.90. The van der Waals surface area contributed by atoms with Crippen LogP contribution < -0.4 is 15.4 Å². The van der Waals surface area contributed by atoms with E-state index in [0.717, 1.165) is 12.1 Å². The quantitative estimate of drug-likeness (QED) is 0.238. The standard InChI is InChI=1S/C24H30N6O2.HI/c1-25-24(26-15-19-8-6-11-22(14-19)32-18-23(31)29(2)3)27-16-20-9-4-5-10-21(20)17-30-13-7-12-28-30;/h4-14H,15-18H2,1-3H3,(H2,25,26,27);1H. The fourth-order valence-corrected chi connectivity index (χ4v) is 3.06. The van der Waals surface area contributed by atoms with Crippen LogP contribution >= 0.6 is 24.0 Å². The van der Waals surface area contributed by atoms with Gasteiger partial charge in [0, 0.05) is 46.6 Å². The number of likely N-dealkylation sites (N-methyl/N-ethyl adjacent to an activating group) is 1. The van der Waals surface area contributed by atoms with Crippen molar-refractivity contribution in [2.45, 2.75) is 19.6 Å². The minimum absolute atomic E-state index is 0. The molecule has 0 aliphatic carbocycles. The first kappa shape index (κ1) is 26.2. The molecule has 2 aromatic carbocycles. The molecule has 176 valence electrons. The van der Waals surface area contributed by atoms with Gasteiger partial charge in [-0.25, -0.2) is 0 Å². The van der Waals surface area contributed by atoms with E-state index in [1.54, 1.807) is 27.3 Å². The third-order valence-electron chi connectivity index (χ3n) is 4.90. The summed E-state index contributed by atoms with van der Waals surface area (Å²) in [6.45, 7) is 1.96. The molecule has 9 heteroatoms. The number of nitrogens with zero attached hydrogens (tertiary/aromatic N) is 4. The number of halogens is 1. The van der Waals surface area contributed by atoms with Gasteiger partial charge in [0.05, 0.1) is 6.54 Å². The van der Waals surface area contributed by atoms with E-state index in [4.69, 9.17) is 4.74 Å². The number of aliphatic imine (C=N–C) groups is 1. The molecule has 3 rings (SSSR count). The maximum atomic E-state index is 11.7. The molecule has 0 atom stereocenters. The summed E-state index contributed by atoms with van der Waals surface area (Å²) < 4.78 is 7.50. The average Bonchev–Trinajstić information content (AvgIpc) is 3.32. The van der Waals surface area contributed by atoms with Crippen molar-refractivity contribution in [1.29, 1.82) is 0 Å². The number of benzene rings is 2. The van der Waals surface area contributed by atoms with Gasteiger partial charge in [-0.15, -0.1) is 24.0 Å². The fraction of sp³-hybridized carbons (Fsp3) is 0.292. The van der Waals surface area contributed by atoms with Crippen LogP contribution in [0.3, 0.4) is 0 Å². The van der Waals surface area contributed by atoms with Gasteiger partial charge in [-0.3, -0.25) is 14.5 Å². The van der Waals surface area contributed by atoms with Crippen LogP contribution in [0, 0.1) is 0 Å². The molecule has 1 aromatic heterocycles. The number of rotatable bonds is 9. The van der Waals surface area contributed by atoms with Crippen molar-refractivity contribution >= 4 is 35.8 Å². The number of ether oxygens (including phenoxy) is 1. The average molecular weight is 562 g/mol. The Labute approximate surface area is 212 Å². The van der Waals surface area contributed by atoms with Crippen molar-refractivity contribution < 1.29 is 9.53 Å². The lowest BCUT2D eigenvalue weighted by atomic mass is 10.1. The molecule has 1 amide bonds. The summed E-state index contributed by atoms with van der Waals surface area (Å²) in [5.74, 6) is 1.29. The summed E-state index contributed by atoms with van der Waals surface area (Å²) in [7, 11) is 5.16. The van der Waals surface area contributed by atoms with Crippen LogP contribution in [0.1, 0.15) is 16.7 Å². The molecule has 0 saturated heterocycles. The Balaban J connectivity index is 0.00000385. The highest BCUT2D eigenvalue weighted by Gasteiger charge is 2.07. The van der Waals surface area contributed by atoms with Gasteiger partial charge in [0.2, 0.25) is 0 Å². The van der Waals surface area contributed by atoms with Gasteiger partial charge in [0.15, 0.2) is 12.6 Å². The summed E-state index contributed by atoms with van der Waals surface area (Å²) in [6.07, 6.45) is 3.74. The van der Waals surface area contributed by atoms with E-state index in [1.807, 2.05) is 53.3 Å². The summed E-state index contributed by atoms with van der Waals surface area (Å²) in [4.78, 5) is 17.5. The van der Waals surface area contributed by atoms with Crippen LogP contribution in [0.25, 0.3) is 0 Å². The first-order valence-electron chi connectivity index (χ1n) is 10.5. The molecule has 1 heterocycles. The number of carbonyl (C=O) groups excluding carboxylic acids is 1. The minimum Gasteiger partial charge on any atom is -0.484 e. The molecule has 0 radical (unpaired) electrons. The summed E-state index contributed by atoms with van der Waals surface area (Å²) in [5.41, 5.74) is 3.42. The highest BCUT2D eigenvalue weighted by molar-refractivity contribution is 14.0. The Morgan fingerprint density at radius 2 is 1.82 bits per heavy atom. The third kappa shape index (κ3) is 8.41. The zero-order valence-electron chi connectivity index (χ0n) is 19.2. The maximum Gasteiger partial charge on any atom is 0.259 e. The second-order valence-electron chi connectivity index (χ2n) is 7.48. The number of hydrogen-bond donors (Lipinski definition) is 2. The zero-order chi connectivity index (χ0) is 22.8. The van der Waals surface area contributed by atoms with Gasteiger partial charge in [0.25, 0.3) is 5.91 Å². The predicted octanol–water partition coefficient (Wildman–Crippen LogP) is 2.88. The Morgan fingerprint density at radius 1 is 1.06 bits per heavy atom. The molecule has 3 aromatic rings. The van der Waals surface area contributed by atoms with Crippen molar-refractivity contribution in [3.05, 3.63) is 83.7 Å². The predicted molar refractivity (Wildman–Crippen MR) is 141 cm³/mol. The lowest BCUT2D eigenvalue weighted by molar-refractivity contribution is -0.130. The Hall–Kier alpha value is -3.08. The SMILES string of the molecule is CN=C(NCc1cccc(OCC(=O)N(C)C)c1)NCc1ccccc1Cn1cccn1.I. The molecule has 33 heavy (non-hydrogen) atoms. The highest BCUT2D eigenvalue weighted by Crippen LogP contribution is 2.13. The molecule has 2 N–H and O–H groups in total. The first-order valence-corrected chi connectivity index (χ1v) is 10.5. The van der Waals surface area contributed by atoms with E-state index in [0.29, 0.717) is 24.8 Å². The van der Waals surface area contributed by atoms with Crippen molar-refractivity contribution in [3.8, 4) is 5.75 Å². The molecule has 8 nitrogen and oxygen atoms in total. The van der Waals surface area contributed by atoms with Gasteiger partial charge in [-0.1, -0.05) is 36.4 Å². The minimum atomic E-state index is -0.0778. The normalized spacial score (nSPS) is 10.8. The molecule has 0 unspecified atom stereocenters. The molecule has 0 spiro atoms. The van der Waals surface area contributed by atoms with E-state index in [2.05, 4.69) is 32.9 Å². The summed E-state index contributed by atoms with van der Waals surface area (Å²) in [5, 5.41) is 11.0. The molecular formula is C24H31IN6O2. The van der Waals surface area contributed by atoms with Crippen LogP contribution in [-0.4, -0.2) is 54.3 Å². The van der Waals surface area contributed by atoms with Crippen molar-refractivity contribution in [3.63, 3.8) is 0 Å². The number of guanidine groups is 1. The number of aromatic nitrogens is 2. The van der Waals surface area contributed by atoms with Crippen molar-refractivity contribution in [1.82, 2.24) is 25.3 Å². The molecule has 0 saturated carbocycles. The summed E-state index contributed by atoms with van der Waals surface area (Å²) in [6, 6.07) is 17.9. The maximum absolute atomic E-state index is 11.7. The van der Waals surface area contributed by atoms with Crippen LogP contribution in [0.2, 0.25) is 0 Å². The largest absolute Gasteiger partial charge is 0.484 e. The van der Waals surface area contributed by atoms with Crippen LogP contribution in [0.4, 0.5) is 0 Å². The van der Waals surface area contributed by atoms with E-state index in [1.165, 1.54) is 16.0 Å². The Bertz CT molecular complexity index is 1040. The molecule has 0 fully saturated rings. The lowest BCUT2D eigenvalue weighted by Crippen LogP contribution is -2.36. The molecular weight excluding hydrogens is 531 g/mol. The number of carbonyl (C=O) groups is 1. The Morgan fingerprint density at radius 3 is 2.52 bits per heavy atom. The number of nitrogens with one attached hydrogen (secondary N) is 2. The second-order valence-corrected chi connectivity index (χ2v) is 7.48. The van der Waals surface area contributed by atoms with Crippen LogP contribution in [0.15, 0.2) is 72.0 Å². The summed E-state index contributed by atoms with van der Waals surface area (Å²) >= 11 is 0. The first-order chi connectivity index (χ1) is 15.5. The van der Waals surface area contributed by atoms with E-state index in [9.17, 15) is 4.79 Å². The van der Waals surface area contributed by atoms with E-state index >= 15 is 0 Å². The van der Waals surface area contributed by atoms with Crippen LogP contribution in [-0.2, 0) is 24.4 Å². The fourth-order valence-electron chi connectivity index (χ4n) is 3.06. The Kier molecular flexibility index (Phi) is 10.7. The van der Waals surface area contributed by atoms with Gasteiger partial charge < -0.3 is 20.3 Å². The lowest BCUT2D eigenvalue weighted by Gasteiger charge is -2.15. The molecule has 0 aliphatic heterocycles. The van der Waals surface area contributed by atoms with E-state index in [-0.39, 0.29) is 36.5 Å². The van der Waals surface area contributed by atoms with Gasteiger partial charge in [-0.05, 0) is 34.9 Å². The monoisotopic (exact) mass is 562 g/mol.